The summed E-state index contributed by atoms with van der Waals surface area (Å²) in [5.74, 6) is 0.128. The van der Waals surface area contributed by atoms with E-state index in [1.54, 1.807) is 7.11 Å². The minimum absolute atomic E-state index is 0.128. The predicted molar refractivity (Wildman–Crippen MR) is 71.8 cm³/mol. The van der Waals surface area contributed by atoms with Crippen LogP contribution in [0, 0.1) is 0 Å². The molecule has 18 heavy (non-hydrogen) atoms. The third-order valence-corrected chi connectivity index (χ3v) is 3.24. The van der Waals surface area contributed by atoms with Gasteiger partial charge in [0.1, 0.15) is 0 Å². The molecule has 1 aliphatic rings. The summed E-state index contributed by atoms with van der Waals surface area (Å²) in [6.07, 6.45) is 0.944. The zero-order valence-corrected chi connectivity index (χ0v) is 11.0. The molecule has 1 aromatic rings. The number of nitrogens with zero attached hydrogens (tertiary/aromatic N) is 1. The van der Waals surface area contributed by atoms with Gasteiger partial charge in [0.05, 0.1) is 13.2 Å². The second-order valence-electron chi connectivity index (χ2n) is 4.62. The first-order valence-electron chi connectivity index (χ1n) is 6.33. The van der Waals surface area contributed by atoms with Crippen LogP contribution in [-0.4, -0.2) is 38.8 Å². The Morgan fingerprint density at radius 1 is 1.50 bits per heavy atom. The minimum Gasteiger partial charge on any atom is -0.383 e. The summed E-state index contributed by atoms with van der Waals surface area (Å²) in [5.41, 5.74) is 2.32. The fourth-order valence-corrected chi connectivity index (χ4v) is 2.40. The van der Waals surface area contributed by atoms with Gasteiger partial charge in [-0.2, -0.15) is 0 Å². The Balaban J connectivity index is 1.98. The van der Waals surface area contributed by atoms with Crippen molar-refractivity contribution in [1.29, 1.82) is 0 Å². The number of hydrogen-bond donors (Lipinski definition) is 1. The highest BCUT2D eigenvalue weighted by Gasteiger charge is 2.29. The topological polar surface area (TPSA) is 41.6 Å². The van der Waals surface area contributed by atoms with Crippen LogP contribution in [-0.2, 0) is 16.0 Å². The Kier molecular flexibility index (Phi) is 4.33. The summed E-state index contributed by atoms with van der Waals surface area (Å²) in [6, 6.07) is 8.37. The predicted octanol–water partition coefficient (Wildman–Crippen LogP) is 1.20. The molecular formula is C14H20N2O2. The maximum atomic E-state index is 12.2. The standard InChI is InChI=1S/C14H20N2O2/c1-11-9-12-5-3-4-6-13(12)16(11)14(17)10-15-7-8-18-2/h3-6,11,15H,7-10H2,1-2H3. The van der Waals surface area contributed by atoms with Crippen LogP contribution >= 0.6 is 0 Å². The summed E-state index contributed by atoms with van der Waals surface area (Å²) >= 11 is 0. The Bertz CT molecular complexity index is 420. The van der Waals surface area contributed by atoms with E-state index in [2.05, 4.69) is 18.3 Å². The van der Waals surface area contributed by atoms with E-state index in [0.717, 1.165) is 12.1 Å². The van der Waals surface area contributed by atoms with Gasteiger partial charge < -0.3 is 15.0 Å². The van der Waals surface area contributed by atoms with Gasteiger partial charge in [-0.3, -0.25) is 4.79 Å². The monoisotopic (exact) mass is 248 g/mol. The summed E-state index contributed by atoms with van der Waals surface area (Å²) < 4.78 is 4.94. The number of carbonyl (C=O) groups excluding carboxylic acids is 1. The number of anilines is 1. The second kappa shape index (κ2) is 5.98. The molecule has 1 aliphatic heterocycles. The first-order valence-corrected chi connectivity index (χ1v) is 6.33. The molecule has 0 aliphatic carbocycles. The van der Waals surface area contributed by atoms with Gasteiger partial charge in [0.25, 0.3) is 0 Å². The highest BCUT2D eigenvalue weighted by Crippen LogP contribution is 2.31. The summed E-state index contributed by atoms with van der Waals surface area (Å²) in [4.78, 5) is 14.1. The van der Waals surface area contributed by atoms with Crippen molar-refractivity contribution in [3.63, 3.8) is 0 Å². The Labute approximate surface area is 108 Å². The molecule has 0 bridgehead atoms. The van der Waals surface area contributed by atoms with Gasteiger partial charge in [0.15, 0.2) is 0 Å². The smallest absolute Gasteiger partial charge is 0.241 e. The van der Waals surface area contributed by atoms with Gasteiger partial charge in [0, 0.05) is 25.4 Å². The Morgan fingerprint density at radius 2 is 2.28 bits per heavy atom. The number of carbonyl (C=O) groups is 1. The highest BCUT2D eigenvalue weighted by molar-refractivity contribution is 5.97. The SMILES string of the molecule is COCCNCC(=O)N1c2ccccc2CC1C. The van der Waals surface area contributed by atoms with Gasteiger partial charge in [-0.1, -0.05) is 18.2 Å². The number of para-hydroxylation sites is 1. The lowest BCUT2D eigenvalue weighted by molar-refractivity contribution is -0.118. The lowest BCUT2D eigenvalue weighted by Gasteiger charge is -2.22. The number of ether oxygens (including phenoxy) is 1. The lowest BCUT2D eigenvalue weighted by atomic mass is 10.1. The van der Waals surface area contributed by atoms with Gasteiger partial charge in [0.2, 0.25) is 5.91 Å². The molecule has 0 radical (unpaired) electrons. The van der Waals surface area contributed by atoms with Gasteiger partial charge >= 0.3 is 0 Å². The number of methoxy groups -OCH3 is 1. The highest BCUT2D eigenvalue weighted by atomic mass is 16.5. The summed E-state index contributed by atoms with van der Waals surface area (Å²) in [7, 11) is 1.66. The molecule has 0 saturated heterocycles. The number of fused-ring (bicyclic) bond motifs is 1. The van der Waals surface area contributed by atoms with Crippen LogP contribution in [0.2, 0.25) is 0 Å². The number of nitrogens with one attached hydrogen (secondary N) is 1. The number of hydrogen-bond acceptors (Lipinski definition) is 3. The van der Waals surface area contributed by atoms with Crippen molar-refractivity contribution < 1.29 is 9.53 Å². The molecular weight excluding hydrogens is 228 g/mol. The van der Waals surface area contributed by atoms with Crippen molar-refractivity contribution in [3.8, 4) is 0 Å². The normalized spacial score (nSPS) is 17.9. The van der Waals surface area contributed by atoms with E-state index in [9.17, 15) is 4.79 Å². The van der Waals surface area contributed by atoms with E-state index in [4.69, 9.17) is 4.74 Å². The molecule has 0 spiro atoms. The molecule has 0 aromatic heterocycles. The molecule has 4 nitrogen and oxygen atoms in total. The fourth-order valence-electron chi connectivity index (χ4n) is 2.40. The fraction of sp³-hybridized carbons (Fsp3) is 0.500. The molecule has 1 unspecified atom stereocenters. The van der Waals surface area contributed by atoms with Gasteiger partial charge in [-0.25, -0.2) is 0 Å². The first kappa shape index (κ1) is 13.1. The van der Waals surface area contributed by atoms with Gasteiger partial charge in [-0.15, -0.1) is 0 Å². The molecule has 0 saturated carbocycles. The molecule has 4 heteroatoms. The van der Waals surface area contributed by atoms with E-state index in [1.165, 1.54) is 5.56 Å². The van der Waals surface area contributed by atoms with Crippen molar-refractivity contribution >= 4 is 11.6 Å². The van der Waals surface area contributed by atoms with E-state index in [1.807, 2.05) is 23.1 Å². The molecule has 2 rings (SSSR count). The Hall–Kier alpha value is -1.39. The molecule has 98 valence electrons. The van der Waals surface area contributed by atoms with Crippen LogP contribution in [0.25, 0.3) is 0 Å². The third kappa shape index (κ3) is 2.71. The Morgan fingerprint density at radius 3 is 3.06 bits per heavy atom. The van der Waals surface area contributed by atoms with E-state index < -0.39 is 0 Å². The molecule has 1 N–H and O–H groups in total. The summed E-state index contributed by atoms with van der Waals surface area (Å²) in [5, 5.41) is 3.10. The van der Waals surface area contributed by atoms with E-state index >= 15 is 0 Å². The first-order chi connectivity index (χ1) is 8.74. The van der Waals surface area contributed by atoms with Crippen LogP contribution < -0.4 is 10.2 Å². The lowest BCUT2D eigenvalue weighted by Crippen LogP contribution is -2.42. The van der Waals surface area contributed by atoms with Crippen LogP contribution in [0.15, 0.2) is 24.3 Å². The van der Waals surface area contributed by atoms with Crippen molar-refractivity contribution in [1.82, 2.24) is 5.32 Å². The van der Waals surface area contributed by atoms with Crippen molar-refractivity contribution in [2.24, 2.45) is 0 Å². The maximum absolute atomic E-state index is 12.2. The number of benzene rings is 1. The van der Waals surface area contributed by atoms with Gasteiger partial charge in [-0.05, 0) is 25.0 Å². The number of amides is 1. The molecule has 0 fully saturated rings. The zero-order valence-electron chi connectivity index (χ0n) is 11.0. The van der Waals surface area contributed by atoms with Crippen LogP contribution in [0.5, 0.6) is 0 Å². The molecule has 1 atom stereocenters. The van der Waals surface area contributed by atoms with Crippen molar-refractivity contribution in [2.75, 3.05) is 31.7 Å². The molecule has 1 heterocycles. The second-order valence-corrected chi connectivity index (χ2v) is 4.62. The largest absolute Gasteiger partial charge is 0.383 e. The number of rotatable bonds is 5. The average Bonchev–Trinajstić information content (AvgIpc) is 2.70. The van der Waals surface area contributed by atoms with Crippen molar-refractivity contribution in [2.45, 2.75) is 19.4 Å². The average molecular weight is 248 g/mol. The zero-order chi connectivity index (χ0) is 13.0. The van der Waals surface area contributed by atoms with E-state index in [0.29, 0.717) is 19.7 Å². The quantitative estimate of drug-likeness (QED) is 0.796. The van der Waals surface area contributed by atoms with Crippen molar-refractivity contribution in [3.05, 3.63) is 29.8 Å². The molecule has 1 aromatic carbocycles. The third-order valence-electron chi connectivity index (χ3n) is 3.24. The van der Waals surface area contributed by atoms with Crippen LogP contribution in [0.1, 0.15) is 12.5 Å². The summed E-state index contributed by atoms with van der Waals surface area (Å²) in [6.45, 7) is 3.78. The van der Waals surface area contributed by atoms with E-state index in [-0.39, 0.29) is 11.9 Å². The maximum Gasteiger partial charge on any atom is 0.241 e. The van der Waals surface area contributed by atoms with Crippen LogP contribution in [0.3, 0.4) is 0 Å². The molecule has 1 amide bonds. The van der Waals surface area contributed by atoms with Crippen LogP contribution in [0.4, 0.5) is 5.69 Å². The minimum atomic E-state index is 0.128.